The number of carbonyl (C=O) groups is 6. The third-order valence-corrected chi connectivity index (χ3v) is 18.5. The number of hydrogen-bond acceptors (Lipinski definition) is 18. The largest absolute Gasteiger partial charge is 0.508 e. The molecule has 25 heteroatoms. The third-order valence-electron chi connectivity index (χ3n) is 15.1. The fraction of sp³-hybridized carbons (Fsp3) is 0.581. The number of nitrogen functional groups attached to an aromatic ring is 1. The molecule has 6 amide bonds. The Morgan fingerprint density at radius 3 is 2.21 bits per heavy atom. The van der Waals surface area contributed by atoms with Crippen LogP contribution in [0.3, 0.4) is 0 Å². The molecule has 1 aliphatic heterocycles. The number of likely N-dealkylation sites (tertiary alicyclic amines) is 1. The van der Waals surface area contributed by atoms with E-state index in [0.29, 0.717) is 92.0 Å². The summed E-state index contributed by atoms with van der Waals surface area (Å²) in [5.74, 6) is 0.241. The van der Waals surface area contributed by atoms with Gasteiger partial charge >= 0.3 is 0 Å². The number of hydrogen-bond donors (Lipinski definition) is 8. The van der Waals surface area contributed by atoms with Crippen molar-refractivity contribution in [1.29, 1.82) is 0 Å². The summed E-state index contributed by atoms with van der Waals surface area (Å²) in [4.78, 5) is 105. The first-order valence-electron chi connectivity index (χ1n) is 30.5. The number of amides is 6. The first kappa shape index (κ1) is 69.6. The number of fused-ring (bicyclic) bond motifs is 1. The third kappa shape index (κ3) is 22.5. The van der Waals surface area contributed by atoms with E-state index in [9.17, 15) is 33.9 Å². The molecule has 22 nitrogen and oxygen atoms in total. The van der Waals surface area contributed by atoms with Gasteiger partial charge in [0.15, 0.2) is 5.65 Å². The molecule has 0 bridgehead atoms. The Morgan fingerprint density at radius 1 is 0.839 bits per heavy atom. The normalized spacial score (nSPS) is 15.3. The fourth-order valence-electron chi connectivity index (χ4n) is 10.3. The van der Waals surface area contributed by atoms with Crippen LogP contribution in [-0.4, -0.2) is 151 Å². The SMILES string of the molecule is CCCO[C@H](C[C@H](C(C)C)N(CCC)C(=O)[C@@H](NC(=O)[C@H]1CCCCN1C)C(C)C)c1nc(C(=O)NC(Cc2ccc(O)cc2)C[C@H](C)C(=O)NCCSSCCNC(=O)CCCC(=O)NCc2ccc(COc3nc(N)nc4nc[nH]c34)cc2)cs1. The number of benzene rings is 2. The van der Waals surface area contributed by atoms with E-state index >= 15 is 0 Å². The number of nitrogens with two attached hydrogens (primary N) is 1. The Bertz CT molecular complexity index is 2970. The van der Waals surface area contributed by atoms with E-state index < -0.39 is 24.1 Å². The van der Waals surface area contributed by atoms with E-state index in [-0.39, 0.29) is 96.2 Å². The first-order valence-corrected chi connectivity index (χ1v) is 33.9. The van der Waals surface area contributed by atoms with Crippen molar-refractivity contribution in [2.24, 2.45) is 17.8 Å². The molecular formula is C62H91N13O9S3. The Kier molecular flexibility index (Phi) is 28.8. The summed E-state index contributed by atoms with van der Waals surface area (Å²) < 4.78 is 12.3. The van der Waals surface area contributed by atoms with Crippen molar-refractivity contribution in [3.63, 3.8) is 0 Å². The summed E-state index contributed by atoms with van der Waals surface area (Å²) in [6, 6.07) is 12.7. The number of likely N-dealkylation sites (N-methyl/N-ethyl adjacent to an activating group) is 1. The number of aromatic nitrogens is 5. The van der Waals surface area contributed by atoms with Gasteiger partial charge in [0, 0.05) is 86.9 Å². The van der Waals surface area contributed by atoms with Crippen LogP contribution in [0, 0.1) is 17.8 Å². The Hall–Kier alpha value is -6.54. The Labute approximate surface area is 524 Å². The molecule has 476 valence electrons. The zero-order chi connectivity index (χ0) is 62.8. The van der Waals surface area contributed by atoms with Crippen LogP contribution in [0.1, 0.15) is 151 Å². The molecule has 6 rings (SSSR count). The van der Waals surface area contributed by atoms with Crippen molar-refractivity contribution in [2.45, 2.75) is 163 Å². The number of nitrogens with one attached hydrogen (secondary N) is 6. The maximum Gasteiger partial charge on any atom is 0.270 e. The van der Waals surface area contributed by atoms with Crippen LogP contribution in [0.25, 0.3) is 11.2 Å². The van der Waals surface area contributed by atoms with Crippen molar-refractivity contribution in [2.75, 3.05) is 57.1 Å². The lowest BCUT2D eigenvalue weighted by molar-refractivity contribution is -0.142. The van der Waals surface area contributed by atoms with Crippen molar-refractivity contribution >= 4 is 85.5 Å². The standard InChI is InChI=1S/C62H91N13O9S3/c1-9-27-75(61(82)53(40(5)6)71-58(81)48-14-11-12-28-74(48)8)49(39(3)4)34-50(83-29-10-2)60-70-47(37-85-60)57(80)69-45(33-42-21-23-46(76)24-22-42)32-41(7)56(79)65-26-31-87-86-30-25-64-51(77)15-13-16-52(78)66-35-43-17-19-44(20-18-43)36-84-59-54-55(68-38-67-54)72-62(63)73-59/h17-24,37-41,45,48-50,53,76H,9-16,25-36H2,1-8H3,(H,64,77)(H,65,79)(H,66,78)(H,69,80)(H,71,81)(H3,63,67,68,72,73)/t41-,45?,48+,49+,50+,53-/m0/s1. The smallest absolute Gasteiger partial charge is 0.270 e. The molecule has 0 radical (unpaired) electrons. The summed E-state index contributed by atoms with van der Waals surface area (Å²) in [5, 5.41) is 27.5. The highest BCUT2D eigenvalue weighted by Gasteiger charge is 2.38. The van der Waals surface area contributed by atoms with Gasteiger partial charge in [-0.25, -0.2) is 9.97 Å². The van der Waals surface area contributed by atoms with Crippen molar-refractivity contribution in [3.8, 4) is 11.6 Å². The van der Waals surface area contributed by atoms with E-state index in [2.05, 4.69) is 65.3 Å². The average molecular weight is 1260 g/mol. The number of phenolic OH excluding ortho intramolecular Hbond substituents is 1. The number of imidazole rings is 1. The quantitative estimate of drug-likeness (QED) is 0.0138. The van der Waals surface area contributed by atoms with Gasteiger partial charge in [-0.15, -0.1) is 11.3 Å². The van der Waals surface area contributed by atoms with Crippen molar-refractivity contribution in [1.82, 2.24) is 61.3 Å². The number of anilines is 1. The molecule has 2 aromatic carbocycles. The molecule has 5 aromatic rings. The number of piperidine rings is 1. The Balaban J connectivity index is 0.912. The van der Waals surface area contributed by atoms with Gasteiger partial charge in [0.2, 0.25) is 41.4 Å². The number of phenols is 1. The number of aromatic hydroxyl groups is 1. The lowest BCUT2D eigenvalue weighted by atomic mass is 9.93. The summed E-state index contributed by atoms with van der Waals surface area (Å²) in [6.45, 7) is 17.4. The number of rotatable bonds is 37. The average Bonchev–Trinajstić information content (AvgIpc) is 2.99. The molecule has 6 atom stereocenters. The minimum Gasteiger partial charge on any atom is -0.508 e. The van der Waals surface area contributed by atoms with Crippen molar-refractivity contribution < 1.29 is 43.3 Å². The number of H-pyrrole nitrogens is 1. The second kappa shape index (κ2) is 36.1. The highest BCUT2D eigenvalue weighted by atomic mass is 33.1. The molecular weight excluding hydrogens is 1170 g/mol. The number of thiazole rings is 1. The molecule has 1 unspecified atom stereocenters. The molecule has 1 saturated heterocycles. The first-order chi connectivity index (χ1) is 41.8. The van der Waals surface area contributed by atoms with E-state index in [4.69, 9.17) is 20.2 Å². The zero-order valence-corrected chi connectivity index (χ0v) is 54.2. The van der Waals surface area contributed by atoms with Gasteiger partial charge in [0.05, 0.1) is 12.4 Å². The number of nitrogens with zero attached hydrogens (tertiary/aromatic N) is 6. The minimum absolute atomic E-state index is 0.0349. The second-order valence-corrected chi connectivity index (χ2v) is 26.5. The van der Waals surface area contributed by atoms with Crippen LogP contribution >= 0.6 is 32.9 Å². The van der Waals surface area contributed by atoms with Crippen LogP contribution < -0.4 is 37.1 Å². The number of carbonyl (C=O) groups excluding carboxylic acids is 6. The molecule has 9 N–H and O–H groups in total. The molecule has 1 aliphatic rings. The molecule has 4 heterocycles. The van der Waals surface area contributed by atoms with Crippen molar-refractivity contribution in [3.05, 3.63) is 87.6 Å². The topological polar surface area (TPSA) is 301 Å². The van der Waals surface area contributed by atoms with Crippen LogP contribution in [-0.2, 0) is 48.3 Å². The molecule has 0 aliphatic carbocycles. The van der Waals surface area contributed by atoms with E-state index in [0.717, 1.165) is 55.3 Å². The van der Waals surface area contributed by atoms with Crippen LogP contribution in [0.15, 0.2) is 60.2 Å². The predicted octanol–water partition coefficient (Wildman–Crippen LogP) is 7.89. The molecule has 3 aromatic heterocycles. The van der Waals surface area contributed by atoms with Gasteiger partial charge in [0.25, 0.3) is 5.91 Å². The lowest BCUT2D eigenvalue weighted by Gasteiger charge is -2.40. The monoisotopic (exact) mass is 1260 g/mol. The van der Waals surface area contributed by atoms with Gasteiger partial charge in [0.1, 0.15) is 40.7 Å². The van der Waals surface area contributed by atoms with Gasteiger partial charge in [-0.1, -0.05) is 113 Å². The fourth-order valence-corrected chi connectivity index (χ4v) is 13.0. The zero-order valence-electron chi connectivity index (χ0n) is 51.7. The molecule has 0 saturated carbocycles. The summed E-state index contributed by atoms with van der Waals surface area (Å²) >= 11 is 1.34. The molecule has 87 heavy (non-hydrogen) atoms. The Morgan fingerprint density at radius 2 is 1.53 bits per heavy atom. The number of aromatic amines is 1. The lowest BCUT2D eigenvalue weighted by Crippen LogP contribution is -2.58. The summed E-state index contributed by atoms with van der Waals surface area (Å²) in [5.41, 5.74) is 9.68. The predicted molar refractivity (Wildman–Crippen MR) is 344 cm³/mol. The maximum atomic E-state index is 14.7. The van der Waals surface area contributed by atoms with E-state index in [1.807, 2.05) is 70.8 Å². The van der Waals surface area contributed by atoms with Gasteiger partial charge in [-0.05, 0) is 99.2 Å². The van der Waals surface area contributed by atoms with Gasteiger partial charge < -0.3 is 56.8 Å². The van der Waals surface area contributed by atoms with Crippen LogP contribution in [0.4, 0.5) is 5.95 Å². The molecule has 1 fully saturated rings. The van der Waals surface area contributed by atoms with Crippen LogP contribution in [0.5, 0.6) is 11.6 Å². The summed E-state index contributed by atoms with van der Waals surface area (Å²) in [7, 11) is 5.15. The van der Waals surface area contributed by atoms with E-state index in [1.54, 1.807) is 51.2 Å². The highest BCUT2D eigenvalue weighted by Crippen LogP contribution is 2.32. The van der Waals surface area contributed by atoms with Crippen LogP contribution in [0.2, 0.25) is 0 Å². The van der Waals surface area contributed by atoms with Gasteiger partial charge in [-0.2, -0.15) is 9.97 Å². The summed E-state index contributed by atoms with van der Waals surface area (Å²) in [6.07, 6.45) is 7.33. The van der Waals surface area contributed by atoms with E-state index in [1.165, 1.54) is 17.7 Å². The maximum absolute atomic E-state index is 14.7. The molecule has 0 spiro atoms. The number of ether oxygens (including phenoxy) is 2. The second-order valence-electron chi connectivity index (χ2n) is 22.9. The minimum atomic E-state index is -0.696. The van der Waals surface area contributed by atoms with Gasteiger partial charge in [-0.3, -0.25) is 33.7 Å². The highest BCUT2D eigenvalue weighted by molar-refractivity contribution is 8.76.